The van der Waals surface area contributed by atoms with Gasteiger partial charge >= 0.3 is 0 Å². The standard InChI is InChI=1S/C20H20N6O2S/c1-4-17-22-19(28-25-17)13(2)29-20-24-23-18(14-9-11-21-12-10-14)26(20)15-5-7-16(27-3)8-6-15/h5-13H,4H2,1-3H3. The lowest BCUT2D eigenvalue weighted by Gasteiger charge is -2.12. The molecular formula is C20H20N6O2S. The van der Waals surface area contributed by atoms with Crippen LogP contribution in [0.1, 0.15) is 30.8 Å². The number of ether oxygens (including phenoxy) is 1. The van der Waals surface area contributed by atoms with Crippen molar-refractivity contribution >= 4 is 11.8 Å². The molecule has 29 heavy (non-hydrogen) atoms. The first-order valence-corrected chi connectivity index (χ1v) is 10.1. The molecule has 3 heterocycles. The minimum atomic E-state index is -0.0747. The fourth-order valence-corrected chi connectivity index (χ4v) is 3.68. The maximum absolute atomic E-state index is 5.39. The highest BCUT2D eigenvalue weighted by molar-refractivity contribution is 7.99. The minimum absolute atomic E-state index is 0.0747. The predicted molar refractivity (Wildman–Crippen MR) is 109 cm³/mol. The Morgan fingerprint density at radius 3 is 2.52 bits per heavy atom. The Balaban J connectivity index is 1.74. The van der Waals surface area contributed by atoms with Gasteiger partial charge in [0, 0.05) is 30.1 Å². The topological polar surface area (TPSA) is 91.8 Å². The zero-order valence-corrected chi connectivity index (χ0v) is 17.1. The summed E-state index contributed by atoms with van der Waals surface area (Å²) in [6, 6.07) is 11.6. The van der Waals surface area contributed by atoms with E-state index in [1.54, 1.807) is 19.5 Å². The average Bonchev–Trinajstić information content (AvgIpc) is 3.42. The van der Waals surface area contributed by atoms with E-state index in [4.69, 9.17) is 9.26 Å². The monoisotopic (exact) mass is 408 g/mol. The summed E-state index contributed by atoms with van der Waals surface area (Å²) < 4.78 is 12.7. The number of thioether (sulfide) groups is 1. The lowest BCUT2D eigenvalue weighted by molar-refractivity contribution is 0.375. The molecule has 3 aromatic heterocycles. The number of rotatable bonds is 7. The molecule has 0 radical (unpaired) electrons. The third-order valence-corrected chi connectivity index (χ3v) is 5.36. The van der Waals surface area contributed by atoms with E-state index in [9.17, 15) is 0 Å². The zero-order valence-electron chi connectivity index (χ0n) is 16.3. The van der Waals surface area contributed by atoms with Gasteiger partial charge in [-0.1, -0.05) is 23.8 Å². The van der Waals surface area contributed by atoms with Crippen molar-refractivity contribution in [3.63, 3.8) is 0 Å². The van der Waals surface area contributed by atoms with E-state index >= 15 is 0 Å². The number of pyridine rings is 1. The van der Waals surface area contributed by atoms with Crippen LogP contribution in [0.3, 0.4) is 0 Å². The van der Waals surface area contributed by atoms with E-state index in [1.807, 2.05) is 54.8 Å². The molecule has 1 atom stereocenters. The molecule has 0 aliphatic heterocycles. The SMILES string of the molecule is CCc1noc(C(C)Sc2nnc(-c3ccncc3)n2-c2ccc(OC)cc2)n1. The summed E-state index contributed by atoms with van der Waals surface area (Å²) in [5.41, 5.74) is 1.85. The number of aryl methyl sites for hydroxylation is 1. The van der Waals surface area contributed by atoms with Gasteiger partial charge in [-0.15, -0.1) is 10.2 Å². The number of methoxy groups -OCH3 is 1. The maximum atomic E-state index is 5.39. The average molecular weight is 408 g/mol. The van der Waals surface area contributed by atoms with Crippen molar-refractivity contribution in [3.05, 3.63) is 60.5 Å². The molecule has 4 aromatic rings. The van der Waals surface area contributed by atoms with E-state index in [-0.39, 0.29) is 5.25 Å². The second-order valence-electron chi connectivity index (χ2n) is 6.24. The maximum Gasteiger partial charge on any atom is 0.239 e. The molecule has 0 saturated heterocycles. The van der Waals surface area contributed by atoms with Crippen molar-refractivity contribution in [3.8, 4) is 22.8 Å². The van der Waals surface area contributed by atoms with Crippen molar-refractivity contribution in [1.29, 1.82) is 0 Å². The summed E-state index contributed by atoms with van der Waals surface area (Å²) >= 11 is 1.51. The second kappa shape index (κ2) is 8.44. The van der Waals surface area contributed by atoms with Gasteiger partial charge in [0.25, 0.3) is 0 Å². The molecule has 1 aromatic carbocycles. The molecule has 0 fully saturated rings. The number of benzene rings is 1. The van der Waals surface area contributed by atoms with Crippen molar-refractivity contribution < 1.29 is 9.26 Å². The van der Waals surface area contributed by atoms with Crippen molar-refractivity contribution in [2.45, 2.75) is 30.7 Å². The summed E-state index contributed by atoms with van der Waals surface area (Å²) in [6.45, 7) is 4.00. The highest BCUT2D eigenvalue weighted by Crippen LogP contribution is 2.36. The lowest BCUT2D eigenvalue weighted by Crippen LogP contribution is -2.01. The molecule has 4 rings (SSSR count). The molecule has 0 aliphatic rings. The van der Waals surface area contributed by atoms with Gasteiger partial charge in [0.1, 0.15) is 5.75 Å². The van der Waals surface area contributed by atoms with Crippen molar-refractivity contribution in [1.82, 2.24) is 29.9 Å². The molecule has 8 nitrogen and oxygen atoms in total. The molecular weight excluding hydrogens is 388 g/mol. The molecule has 0 bridgehead atoms. The first-order chi connectivity index (χ1) is 14.2. The quantitative estimate of drug-likeness (QED) is 0.421. The Kier molecular flexibility index (Phi) is 5.57. The van der Waals surface area contributed by atoms with Crippen LogP contribution in [0, 0.1) is 0 Å². The lowest BCUT2D eigenvalue weighted by atomic mass is 10.2. The van der Waals surface area contributed by atoms with Crippen molar-refractivity contribution in [2.75, 3.05) is 7.11 Å². The van der Waals surface area contributed by atoms with Gasteiger partial charge in [0.2, 0.25) is 5.89 Å². The second-order valence-corrected chi connectivity index (χ2v) is 7.55. The van der Waals surface area contributed by atoms with E-state index in [0.717, 1.165) is 34.4 Å². The molecule has 0 spiro atoms. The summed E-state index contributed by atoms with van der Waals surface area (Å²) in [5.74, 6) is 2.78. The Morgan fingerprint density at radius 2 is 1.86 bits per heavy atom. The minimum Gasteiger partial charge on any atom is -0.497 e. The Hall–Kier alpha value is -3.20. The van der Waals surface area contributed by atoms with Crippen LogP contribution in [0.2, 0.25) is 0 Å². The Labute approximate surface area is 172 Å². The Morgan fingerprint density at radius 1 is 1.10 bits per heavy atom. The number of hydrogen-bond donors (Lipinski definition) is 0. The third kappa shape index (κ3) is 4.00. The van der Waals surface area contributed by atoms with Crippen LogP contribution in [0.5, 0.6) is 5.75 Å². The first-order valence-electron chi connectivity index (χ1n) is 9.19. The van der Waals surface area contributed by atoms with E-state index in [0.29, 0.717) is 11.7 Å². The molecule has 0 N–H and O–H groups in total. The summed E-state index contributed by atoms with van der Waals surface area (Å²) in [7, 11) is 1.65. The van der Waals surface area contributed by atoms with Gasteiger partial charge in [0.05, 0.1) is 12.4 Å². The van der Waals surface area contributed by atoms with Crippen LogP contribution in [0.4, 0.5) is 0 Å². The van der Waals surface area contributed by atoms with Crippen LogP contribution in [0.15, 0.2) is 58.5 Å². The van der Waals surface area contributed by atoms with Gasteiger partial charge in [-0.05, 0) is 43.3 Å². The molecule has 1 unspecified atom stereocenters. The van der Waals surface area contributed by atoms with E-state index in [1.165, 1.54) is 11.8 Å². The van der Waals surface area contributed by atoms with Gasteiger partial charge in [0.15, 0.2) is 16.8 Å². The molecule has 0 amide bonds. The molecule has 0 aliphatic carbocycles. The number of nitrogens with zero attached hydrogens (tertiary/aromatic N) is 6. The van der Waals surface area contributed by atoms with Crippen LogP contribution < -0.4 is 4.74 Å². The van der Waals surface area contributed by atoms with Gasteiger partial charge in [-0.2, -0.15) is 4.98 Å². The summed E-state index contributed by atoms with van der Waals surface area (Å²) in [5, 5.41) is 13.5. The van der Waals surface area contributed by atoms with E-state index < -0.39 is 0 Å². The molecule has 9 heteroatoms. The number of hydrogen-bond acceptors (Lipinski definition) is 8. The summed E-state index contributed by atoms with van der Waals surface area (Å²) in [4.78, 5) is 8.53. The van der Waals surface area contributed by atoms with Crippen LogP contribution in [-0.2, 0) is 6.42 Å². The van der Waals surface area contributed by atoms with Crippen LogP contribution in [-0.4, -0.2) is 37.0 Å². The van der Waals surface area contributed by atoms with Gasteiger partial charge < -0.3 is 9.26 Å². The number of aromatic nitrogens is 6. The highest BCUT2D eigenvalue weighted by Gasteiger charge is 2.22. The first kappa shape index (κ1) is 19.1. The normalized spacial score (nSPS) is 12.1. The fraction of sp³-hybridized carbons (Fsp3) is 0.250. The van der Waals surface area contributed by atoms with Crippen LogP contribution in [0.25, 0.3) is 17.1 Å². The van der Waals surface area contributed by atoms with Crippen LogP contribution >= 0.6 is 11.8 Å². The van der Waals surface area contributed by atoms with Crippen molar-refractivity contribution in [2.24, 2.45) is 0 Å². The molecule has 148 valence electrons. The zero-order chi connectivity index (χ0) is 20.2. The summed E-state index contributed by atoms with van der Waals surface area (Å²) in [6.07, 6.45) is 4.21. The van der Waals surface area contributed by atoms with Gasteiger partial charge in [-0.25, -0.2) is 0 Å². The smallest absolute Gasteiger partial charge is 0.239 e. The highest BCUT2D eigenvalue weighted by atomic mass is 32.2. The predicted octanol–water partition coefficient (Wildman–Crippen LogP) is 4.14. The molecule has 0 saturated carbocycles. The van der Waals surface area contributed by atoms with E-state index in [2.05, 4.69) is 25.3 Å². The fourth-order valence-electron chi connectivity index (χ4n) is 2.78. The largest absolute Gasteiger partial charge is 0.497 e. The Bertz CT molecular complexity index is 1080. The third-order valence-electron chi connectivity index (χ3n) is 4.33. The van der Waals surface area contributed by atoms with Gasteiger partial charge in [-0.3, -0.25) is 9.55 Å².